The molecule has 3 nitrogen and oxygen atoms in total. The summed E-state index contributed by atoms with van der Waals surface area (Å²) in [6.07, 6.45) is 0. The maximum atomic E-state index is 5.88. The second kappa shape index (κ2) is 7.14. The van der Waals surface area contributed by atoms with Crippen molar-refractivity contribution < 1.29 is 9.47 Å². The molecule has 1 heterocycles. The second-order valence-corrected chi connectivity index (χ2v) is 5.93. The summed E-state index contributed by atoms with van der Waals surface area (Å²) in [4.78, 5) is 3.30. The van der Waals surface area contributed by atoms with Crippen LogP contribution in [-0.4, -0.2) is 4.98 Å². The van der Waals surface area contributed by atoms with E-state index in [9.17, 15) is 0 Å². The van der Waals surface area contributed by atoms with E-state index >= 15 is 0 Å². The van der Waals surface area contributed by atoms with Crippen molar-refractivity contribution in [2.24, 2.45) is 0 Å². The molecule has 0 fully saturated rings. The molecule has 1 N–H and O–H groups in total. The number of aromatic nitrogens is 1. The third-order valence-corrected chi connectivity index (χ3v) is 4.05. The maximum Gasteiger partial charge on any atom is 0.192 e. The molecule has 0 spiro atoms. The van der Waals surface area contributed by atoms with Gasteiger partial charge >= 0.3 is 0 Å². The number of hydrogen-bond acceptors (Lipinski definition) is 2. The Hall–Kier alpha value is -3.20. The highest BCUT2D eigenvalue weighted by atomic mass is 16.5. The molecule has 0 amide bonds. The van der Waals surface area contributed by atoms with Crippen molar-refractivity contribution in [1.29, 1.82) is 0 Å². The molecule has 1 aromatic heterocycles. The predicted molar refractivity (Wildman–Crippen MR) is 99.8 cm³/mol. The number of rotatable bonds is 6. The van der Waals surface area contributed by atoms with Gasteiger partial charge < -0.3 is 14.5 Å². The Kier molecular flexibility index (Phi) is 4.38. The third kappa shape index (κ3) is 3.83. The van der Waals surface area contributed by atoms with Gasteiger partial charge in [-0.1, -0.05) is 60.7 Å². The van der Waals surface area contributed by atoms with Crippen LogP contribution in [-0.2, 0) is 13.2 Å². The summed E-state index contributed by atoms with van der Waals surface area (Å²) in [5, 5.41) is 1.11. The van der Waals surface area contributed by atoms with Crippen LogP contribution in [0.4, 0.5) is 0 Å². The van der Waals surface area contributed by atoms with Crippen molar-refractivity contribution in [3.05, 3.63) is 96.1 Å². The Balaban J connectivity index is 1.44. The van der Waals surface area contributed by atoms with Crippen molar-refractivity contribution in [3.63, 3.8) is 0 Å². The van der Waals surface area contributed by atoms with E-state index in [2.05, 4.69) is 29.2 Å². The van der Waals surface area contributed by atoms with Gasteiger partial charge in [0.2, 0.25) is 0 Å². The van der Waals surface area contributed by atoms with Crippen molar-refractivity contribution in [2.45, 2.75) is 13.2 Å². The lowest BCUT2D eigenvalue weighted by Crippen LogP contribution is -1.95. The summed E-state index contributed by atoms with van der Waals surface area (Å²) in [6, 6.07) is 28.3. The predicted octanol–water partition coefficient (Wildman–Crippen LogP) is 5.33. The van der Waals surface area contributed by atoms with E-state index in [1.807, 2.05) is 60.7 Å². The minimum atomic E-state index is 0.547. The zero-order valence-electron chi connectivity index (χ0n) is 13.8. The van der Waals surface area contributed by atoms with Crippen LogP contribution in [0.15, 0.2) is 84.9 Å². The monoisotopic (exact) mass is 329 g/mol. The van der Waals surface area contributed by atoms with Crippen molar-refractivity contribution >= 4 is 10.9 Å². The normalized spacial score (nSPS) is 10.7. The fourth-order valence-electron chi connectivity index (χ4n) is 2.72. The quantitative estimate of drug-likeness (QED) is 0.519. The van der Waals surface area contributed by atoms with E-state index in [0.717, 1.165) is 33.7 Å². The molecule has 0 aliphatic rings. The SMILES string of the molecule is c1ccc(COc2ccc3cc(OCc4ccccc4)[nH]c3c2)cc1. The van der Waals surface area contributed by atoms with Crippen molar-refractivity contribution in [3.8, 4) is 11.6 Å². The number of aromatic amines is 1. The Morgan fingerprint density at radius 3 is 1.96 bits per heavy atom. The van der Waals surface area contributed by atoms with E-state index in [0.29, 0.717) is 13.2 Å². The van der Waals surface area contributed by atoms with Gasteiger partial charge in [-0.25, -0.2) is 0 Å². The molecule has 124 valence electrons. The number of fused-ring (bicyclic) bond motifs is 1. The molecule has 0 radical (unpaired) electrons. The van der Waals surface area contributed by atoms with Gasteiger partial charge in [0.15, 0.2) is 5.88 Å². The lowest BCUT2D eigenvalue weighted by Gasteiger charge is -2.06. The second-order valence-electron chi connectivity index (χ2n) is 5.93. The van der Waals surface area contributed by atoms with E-state index < -0.39 is 0 Å². The van der Waals surface area contributed by atoms with Crippen LogP contribution in [0.5, 0.6) is 11.6 Å². The molecule has 0 saturated heterocycles. The summed E-state index contributed by atoms with van der Waals surface area (Å²) in [7, 11) is 0. The lowest BCUT2D eigenvalue weighted by molar-refractivity contribution is 0.296. The van der Waals surface area contributed by atoms with E-state index in [1.54, 1.807) is 0 Å². The molecule has 4 aromatic rings. The van der Waals surface area contributed by atoms with Crippen molar-refractivity contribution in [1.82, 2.24) is 4.98 Å². The minimum absolute atomic E-state index is 0.547. The first-order valence-corrected chi connectivity index (χ1v) is 8.33. The highest BCUT2D eigenvalue weighted by Gasteiger charge is 2.04. The molecule has 3 aromatic carbocycles. The molecule has 0 unspecified atom stereocenters. The summed E-state index contributed by atoms with van der Waals surface area (Å²) < 4.78 is 11.7. The molecular formula is C22H19NO2. The Morgan fingerprint density at radius 1 is 0.640 bits per heavy atom. The Labute approximate surface area is 146 Å². The van der Waals surface area contributed by atoms with Crippen LogP contribution in [0.2, 0.25) is 0 Å². The zero-order chi connectivity index (χ0) is 16.9. The molecule has 0 bridgehead atoms. The Morgan fingerprint density at radius 2 is 1.28 bits per heavy atom. The third-order valence-electron chi connectivity index (χ3n) is 4.05. The first kappa shape index (κ1) is 15.3. The molecule has 0 atom stereocenters. The van der Waals surface area contributed by atoms with E-state index in [4.69, 9.17) is 9.47 Å². The van der Waals surface area contributed by atoms with Gasteiger partial charge in [0, 0.05) is 17.5 Å². The van der Waals surface area contributed by atoms with Gasteiger partial charge in [-0.05, 0) is 23.3 Å². The average molecular weight is 329 g/mol. The first-order chi connectivity index (χ1) is 12.4. The molecule has 4 rings (SSSR count). The highest BCUT2D eigenvalue weighted by molar-refractivity contribution is 5.82. The minimum Gasteiger partial charge on any atom is -0.489 e. The summed E-state index contributed by atoms with van der Waals surface area (Å²) >= 11 is 0. The summed E-state index contributed by atoms with van der Waals surface area (Å²) in [6.45, 7) is 1.11. The van der Waals surface area contributed by atoms with Gasteiger partial charge in [0.25, 0.3) is 0 Å². The molecular weight excluding hydrogens is 310 g/mol. The number of ether oxygens (including phenoxy) is 2. The smallest absolute Gasteiger partial charge is 0.192 e. The lowest BCUT2D eigenvalue weighted by atomic mass is 10.2. The van der Waals surface area contributed by atoms with Crippen LogP contribution in [0.3, 0.4) is 0 Å². The fourth-order valence-corrected chi connectivity index (χ4v) is 2.72. The molecule has 0 saturated carbocycles. The summed E-state index contributed by atoms with van der Waals surface area (Å²) in [5.74, 6) is 1.60. The first-order valence-electron chi connectivity index (χ1n) is 8.33. The van der Waals surface area contributed by atoms with Crippen LogP contribution < -0.4 is 9.47 Å². The van der Waals surface area contributed by atoms with Gasteiger partial charge in [0.05, 0.1) is 5.52 Å². The van der Waals surface area contributed by atoms with Crippen LogP contribution >= 0.6 is 0 Å². The van der Waals surface area contributed by atoms with Gasteiger partial charge in [-0.15, -0.1) is 0 Å². The largest absolute Gasteiger partial charge is 0.489 e. The number of nitrogens with one attached hydrogen (secondary N) is 1. The van der Waals surface area contributed by atoms with Crippen LogP contribution in [0.1, 0.15) is 11.1 Å². The van der Waals surface area contributed by atoms with Gasteiger partial charge in [-0.2, -0.15) is 0 Å². The number of hydrogen-bond donors (Lipinski definition) is 1. The van der Waals surface area contributed by atoms with Gasteiger partial charge in [-0.3, -0.25) is 0 Å². The summed E-state index contributed by atoms with van der Waals surface area (Å²) in [5.41, 5.74) is 3.31. The molecule has 0 aliphatic heterocycles. The molecule has 25 heavy (non-hydrogen) atoms. The maximum absolute atomic E-state index is 5.88. The number of benzene rings is 3. The van der Waals surface area contributed by atoms with Gasteiger partial charge in [0.1, 0.15) is 19.0 Å². The van der Waals surface area contributed by atoms with Crippen molar-refractivity contribution in [2.75, 3.05) is 0 Å². The van der Waals surface area contributed by atoms with Crippen LogP contribution in [0, 0.1) is 0 Å². The zero-order valence-corrected chi connectivity index (χ0v) is 13.8. The standard InChI is InChI=1S/C22H19NO2/c1-3-7-17(8-4-1)15-24-20-12-11-19-13-22(23-21(19)14-20)25-16-18-9-5-2-6-10-18/h1-14,23H,15-16H2. The fraction of sp³-hybridized carbons (Fsp3) is 0.0909. The highest BCUT2D eigenvalue weighted by Crippen LogP contribution is 2.25. The van der Waals surface area contributed by atoms with E-state index in [1.165, 1.54) is 0 Å². The van der Waals surface area contributed by atoms with E-state index in [-0.39, 0.29) is 0 Å². The molecule has 3 heteroatoms. The number of H-pyrrole nitrogens is 1. The topological polar surface area (TPSA) is 34.2 Å². The Bertz CT molecular complexity index is 904. The van der Waals surface area contributed by atoms with Crippen LogP contribution in [0.25, 0.3) is 10.9 Å². The average Bonchev–Trinajstić information content (AvgIpc) is 3.08. The molecule has 0 aliphatic carbocycles.